The number of ether oxygens (including phenoxy) is 1. The minimum atomic E-state index is -0.917. The van der Waals surface area contributed by atoms with Gasteiger partial charge in [-0.2, -0.15) is 0 Å². The van der Waals surface area contributed by atoms with Crippen molar-refractivity contribution in [2.75, 3.05) is 0 Å². The first-order valence-electron chi connectivity index (χ1n) is 8.36. The molecule has 4 nitrogen and oxygen atoms in total. The Labute approximate surface area is 163 Å². The molecular weight excluding hydrogens is 373 g/mol. The van der Waals surface area contributed by atoms with Gasteiger partial charge in [0, 0.05) is 16.1 Å². The second-order valence-electron chi connectivity index (χ2n) is 6.14. The Hall–Kier alpha value is -2.04. The molecule has 2 aromatic carbocycles. The fourth-order valence-electron chi connectivity index (χ4n) is 2.41. The Morgan fingerprint density at radius 1 is 1.04 bits per heavy atom. The average Bonchev–Trinajstić information content (AvgIpc) is 2.60. The Kier molecular flexibility index (Phi) is 7.49. The SMILES string of the molecule is C[C@H](CCc1ccccc1)NC(=O)[C@H](C)OC(=O)c1cc(Cl)cc(Cl)c1. The van der Waals surface area contributed by atoms with Crippen molar-refractivity contribution in [2.24, 2.45) is 0 Å². The van der Waals surface area contributed by atoms with E-state index in [0.29, 0.717) is 10.0 Å². The molecule has 2 atom stereocenters. The van der Waals surface area contributed by atoms with Crippen LogP contribution in [0.5, 0.6) is 0 Å². The fourth-order valence-corrected chi connectivity index (χ4v) is 2.94. The third kappa shape index (κ3) is 6.36. The van der Waals surface area contributed by atoms with Gasteiger partial charge >= 0.3 is 5.97 Å². The molecule has 0 aliphatic heterocycles. The van der Waals surface area contributed by atoms with Crippen molar-refractivity contribution in [3.05, 3.63) is 69.7 Å². The maximum atomic E-state index is 12.2. The zero-order chi connectivity index (χ0) is 19.1. The van der Waals surface area contributed by atoms with Crippen LogP contribution in [-0.4, -0.2) is 24.0 Å². The van der Waals surface area contributed by atoms with Crippen molar-refractivity contribution in [1.29, 1.82) is 0 Å². The van der Waals surface area contributed by atoms with Gasteiger partial charge in [-0.15, -0.1) is 0 Å². The van der Waals surface area contributed by atoms with Crippen LogP contribution in [0, 0.1) is 0 Å². The summed E-state index contributed by atoms with van der Waals surface area (Å²) in [6.45, 7) is 3.45. The van der Waals surface area contributed by atoms with E-state index < -0.39 is 12.1 Å². The Balaban J connectivity index is 1.83. The molecular formula is C20H21Cl2NO3. The summed E-state index contributed by atoms with van der Waals surface area (Å²) in [6.07, 6.45) is 0.733. The first-order valence-corrected chi connectivity index (χ1v) is 9.12. The topological polar surface area (TPSA) is 55.4 Å². The van der Waals surface area contributed by atoms with Gasteiger partial charge in [0.05, 0.1) is 5.56 Å². The van der Waals surface area contributed by atoms with Gasteiger partial charge in [0.1, 0.15) is 0 Å². The molecule has 0 aliphatic rings. The lowest BCUT2D eigenvalue weighted by Gasteiger charge is -2.18. The van der Waals surface area contributed by atoms with E-state index >= 15 is 0 Å². The molecule has 0 heterocycles. The van der Waals surface area contributed by atoms with Gasteiger partial charge in [0.2, 0.25) is 0 Å². The van der Waals surface area contributed by atoms with Crippen LogP contribution >= 0.6 is 23.2 Å². The smallest absolute Gasteiger partial charge is 0.339 e. The summed E-state index contributed by atoms with van der Waals surface area (Å²) in [4.78, 5) is 24.4. The van der Waals surface area contributed by atoms with Gasteiger partial charge < -0.3 is 10.1 Å². The number of hydrogen-bond donors (Lipinski definition) is 1. The number of esters is 1. The van der Waals surface area contributed by atoms with E-state index in [-0.39, 0.29) is 17.5 Å². The monoisotopic (exact) mass is 393 g/mol. The molecule has 0 spiro atoms. The van der Waals surface area contributed by atoms with Gasteiger partial charge in [-0.25, -0.2) is 4.79 Å². The minimum Gasteiger partial charge on any atom is -0.449 e. The number of carbonyl (C=O) groups is 2. The highest BCUT2D eigenvalue weighted by atomic mass is 35.5. The molecule has 0 fully saturated rings. The van der Waals surface area contributed by atoms with Crippen LogP contribution in [0.4, 0.5) is 0 Å². The molecule has 1 N–H and O–H groups in total. The molecule has 0 saturated carbocycles. The quantitative estimate of drug-likeness (QED) is 0.694. The second kappa shape index (κ2) is 9.60. The van der Waals surface area contributed by atoms with Crippen molar-refractivity contribution >= 4 is 35.1 Å². The van der Waals surface area contributed by atoms with Gasteiger partial charge in [-0.05, 0) is 50.5 Å². The lowest BCUT2D eigenvalue weighted by molar-refractivity contribution is -0.129. The number of nitrogens with one attached hydrogen (secondary N) is 1. The van der Waals surface area contributed by atoms with Crippen LogP contribution in [0.25, 0.3) is 0 Å². The first kappa shape index (κ1) is 20.3. The molecule has 0 radical (unpaired) electrons. The Morgan fingerprint density at radius 3 is 2.27 bits per heavy atom. The molecule has 0 aliphatic carbocycles. The van der Waals surface area contributed by atoms with Crippen molar-refractivity contribution in [1.82, 2.24) is 5.32 Å². The van der Waals surface area contributed by atoms with Crippen molar-refractivity contribution in [2.45, 2.75) is 38.8 Å². The number of amides is 1. The summed E-state index contributed by atoms with van der Waals surface area (Å²) in [5.74, 6) is -0.985. The average molecular weight is 394 g/mol. The minimum absolute atomic E-state index is 0.0375. The second-order valence-corrected chi connectivity index (χ2v) is 7.01. The zero-order valence-electron chi connectivity index (χ0n) is 14.7. The van der Waals surface area contributed by atoms with Gasteiger partial charge in [0.15, 0.2) is 6.10 Å². The first-order chi connectivity index (χ1) is 12.3. The summed E-state index contributed by atoms with van der Waals surface area (Å²) < 4.78 is 5.20. The summed E-state index contributed by atoms with van der Waals surface area (Å²) in [5.41, 5.74) is 1.42. The maximum absolute atomic E-state index is 12.2. The number of hydrogen-bond acceptors (Lipinski definition) is 3. The summed E-state index contributed by atoms with van der Waals surface area (Å²) >= 11 is 11.8. The van der Waals surface area contributed by atoms with Crippen LogP contribution in [0.3, 0.4) is 0 Å². The lowest BCUT2D eigenvalue weighted by Crippen LogP contribution is -2.41. The van der Waals surface area contributed by atoms with E-state index in [9.17, 15) is 9.59 Å². The van der Waals surface area contributed by atoms with E-state index in [4.69, 9.17) is 27.9 Å². The zero-order valence-corrected chi connectivity index (χ0v) is 16.2. The molecule has 0 saturated heterocycles. The third-order valence-corrected chi connectivity index (χ3v) is 4.29. The van der Waals surface area contributed by atoms with Crippen LogP contribution in [0.1, 0.15) is 36.2 Å². The molecule has 0 unspecified atom stereocenters. The van der Waals surface area contributed by atoms with Gasteiger partial charge in [0.25, 0.3) is 5.91 Å². The van der Waals surface area contributed by atoms with Crippen molar-refractivity contribution in [3.63, 3.8) is 0 Å². The van der Waals surface area contributed by atoms with E-state index in [0.717, 1.165) is 12.8 Å². The highest BCUT2D eigenvalue weighted by molar-refractivity contribution is 6.35. The van der Waals surface area contributed by atoms with Crippen molar-refractivity contribution in [3.8, 4) is 0 Å². The molecule has 0 aromatic heterocycles. The standard InChI is InChI=1S/C20H21Cl2NO3/c1-13(8-9-15-6-4-3-5-7-15)23-19(24)14(2)26-20(25)16-10-17(21)12-18(22)11-16/h3-7,10-14H,8-9H2,1-2H3,(H,23,24)/t13-,14+/m1/s1. The van der Waals surface area contributed by atoms with Crippen molar-refractivity contribution < 1.29 is 14.3 Å². The number of carbonyl (C=O) groups excluding carboxylic acids is 2. The summed E-state index contributed by atoms with van der Waals surface area (Å²) in [7, 11) is 0. The lowest BCUT2D eigenvalue weighted by atomic mass is 10.1. The third-order valence-electron chi connectivity index (χ3n) is 3.85. The molecule has 2 rings (SSSR count). The van der Waals surface area contributed by atoms with E-state index in [2.05, 4.69) is 17.4 Å². The Morgan fingerprint density at radius 2 is 1.65 bits per heavy atom. The molecule has 26 heavy (non-hydrogen) atoms. The van der Waals surface area contributed by atoms with Crippen LogP contribution < -0.4 is 5.32 Å². The predicted molar refractivity (Wildman–Crippen MR) is 104 cm³/mol. The van der Waals surface area contributed by atoms with Crippen LogP contribution in [0.2, 0.25) is 10.0 Å². The molecule has 0 bridgehead atoms. The maximum Gasteiger partial charge on any atom is 0.339 e. The number of halogens is 2. The highest BCUT2D eigenvalue weighted by Crippen LogP contribution is 2.20. The van der Waals surface area contributed by atoms with E-state index in [1.54, 1.807) is 0 Å². The van der Waals surface area contributed by atoms with Crippen LogP contribution in [0.15, 0.2) is 48.5 Å². The van der Waals surface area contributed by atoms with E-state index in [1.807, 2.05) is 25.1 Å². The van der Waals surface area contributed by atoms with E-state index in [1.165, 1.54) is 30.7 Å². The van der Waals surface area contributed by atoms with Crippen LogP contribution in [-0.2, 0) is 16.0 Å². The molecule has 2 aromatic rings. The highest BCUT2D eigenvalue weighted by Gasteiger charge is 2.20. The fraction of sp³-hybridized carbons (Fsp3) is 0.300. The summed E-state index contributed by atoms with van der Waals surface area (Å²) in [6, 6.07) is 14.4. The van der Waals surface area contributed by atoms with Gasteiger partial charge in [-0.1, -0.05) is 53.5 Å². The molecule has 138 valence electrons. The Bertz CT molecular complexity index is 745. The predicted octanol–water partition coefficient (Wildman–Crippen LogP) is 4.68. The molecule has 1 amide bonds. The molecule has 6 heteroatoms. The largest absolute Gasteiger partial charge is 0.449 e. The number of rotatable bonds is 7. The number of aryl methyl sites for hydroxylation is 1. The van der Waals surface area contributed by atoms with Gasteiger partial charge in [-0.3, -0.25) is 4.79 Å². The summed E-state index contributed by atoms with van der Waals surface area (Å²) in [5, 5.41) is 3.52. The normalized spacial score (nSPS) is 12.9. The number of benzene rings is 2.